The van der Waals surface area contributed by atoms with E-state index in [1.807, 2.05) is 0 Å². The first-order valence-corrected chi connectivity index (χ1v) is 10.0. The lowest BCUT2D eigenvalue weighted by atomic mass is 10.1. The highest BCUT2D eigenvalue weighted by atomic mass is 35.5. The van der Waals surface area contributed by atoms with Gasteiger partial charge in [-0.2, -0.15) is 18.4 Å². The Kier molecular flexibility index (Phi) is 7.24. The highest BCUT2D eigenvalue weighted by Crippen LogP contribution is 2.23. The smallest absolute Gasteiger partial charge is 0.336 e. The molecule has 0 unspecified atom stereocenters. The van der Waals surface area contributed by atoms with Gasteiger partial charge in [-0.3, -0.25) is 14.8 Å². The normalized spacial score (nSPS) is 10.7. The molecule has 0 atom stereocenters. The number of carbonyl (C=O) groups is 2. The summed E-state index contributed by atoms with van der Waals surface area (Å²) in [6.45, 7) is 0. The number of nitrogens with one attached hydrogen (secondary N) is 3. The van der Waals surface area contributed by atoms with Gasteiger partial charge >= 0.3 is 16.2 Å². The van der Waals surface area contributed by atoms with Crippen molar-refractivity contribution in [2.75, 3.05) is 38.4 Å². The Balaban J connectivity index is 2.18. The van der Waals surface area contributed by atoms with Crippen LogP contribution in [0.15, 0.2) is 24.3 Å². The Bertz CT molecular complexity index is 1040. The van der Waals surface area contributed by atoms with E-state index in [4.69, 9.17) is 21.1 Å². The van der Waals surface area contributed by atoms with E-state index in [9.17, 15) is 18.0 Å². The minimum Gasteiger partial charge on any atom is -0.481 e. The molecule has 2 rings (SSSR count). The summed E-state index contributed by atoms with van der Waals surface area (Å²) in [7, 11) is 1.26. The van der Waals surface area contributed by atoms with Crippen LogP contribution in [0, 0.1) is 0 Å². The van der Waals surface area contributed by atoms with Gasteiger partial charge in [0.1, 0.15) is 0 Å². The van der Waals surface area contributed by atoms with Gasteiger partial charge in [0.05, 0.1) is 31.5 Å². The van der Waals surface area contributed by atoms with Crippen LogP contribution >= 0.6 is 11.6 Å². The average molecular weight is 459 g/mol. The zero-order chi connectivity index (χ0) is 22.5. The summed E-state index contributed by atoms with van der Waals surface area (Å²) in [6, 6.07) is 4.20. The van der Waals surface area contributed by atoms with Crippen molar-refractivity contribution >= 4 is 45.4 Å². The third kappa shape index (κ3) is 6.09. The third-order valence-corrected chi connectivity index (χ3v) is 4.59. The Morgan fingerprint density at radius 1 is 1.07 bits per heavy atom. The SMILES string of the molecule is COc1cc(OC)nc(NC(=O)NS(=O)(=O)Nc2ccc(Cl)cc2C(=O)N(C)C)n1. The maximum Gasteiger partial charge on any atom is 0.336 e. The zero-order valence-electron chi connectivity index (χ0n) is 16.4. The molecule has 2 aromatic rings. The molecule has 0 aliphatic rings. The Morgan fingerprint density at radius 3 is 2.20 bits per heavy atom. The van der Waals surface area contributed by atoms with E-state index in [0.717, 1.165) is 0 Å². The number of hydrogen-bond donors (Lipinski definition) is 3. The number of halogens is 1. The predicted octanol–water partition coefficient (Wildman–Crippen LogP) is 1.33. The number of rotatable bonds is 7. The zero-order valence-corrected chi connectivity index (χ0v) is 18.0. The maximum atomic E-state index is 12.3. The Morgan fingerprint density at radius 2 is 1.67 bits per heavy atom. The molecule has 0 spiro atoms. The third-order valence-electron chi connectivity index (χ3n) is 3.41. The number of nitrogens with zero attached hydrogens (tertiary/aromatic N) is 3. The largest absolute Gasteiger partial charge is 0.481 e. The van der Waals surface area contributed by atoms with E-state index in [1.54, 1.807) is 4.72 Å². The molecule has 3 amide bonds. The second-order valence-corrected chi connectivity index (χ2v) is 7.68. The lowest BCUT2D eigenvalue weighted by Gasteiger charge is -2.16. The van der Waals surface area contributed by atoms with E-state index in [1.165, 1.54) is 57.5 Å². The van der Waals surface area contributed by atoms with Crippen molar-refractivity contribution in [1.82, 2.24) is 19.6 Å². The van der Waals surface area contributed by atoms with Gasteiger partial charge < -0.3 is 14.4 Å². The standard InChI is InChI=1S/C16H19ClN6O6S/c1-23(2)14(24)10-7-9(17)5-6-11(10)21-30(26,27)22-16(25)20-15-18-12(28-3)8-13(19-15)29-4/h5-8,21H,1-4H3,(H2,18,19,20,22,25). The number of hydrogen-bond acceptors (Lipinski definition) is 8. The van der Waals surface area contributed by atoms with E-state index in [0.29, 0.717) is 0 Å². The average Bonchev–Trinajstić information content (AvgIpc) is 2.67. The summed E-state index contributed by atoms with van der Waals surface area (Å²) in [6.07, 6.45) is 0. The second kappa shape index (κ2) is 9.45. The number of anilines is 2. The summed E-state index contributed by atoms with van der Waals surface area (Å²) in [5.74, 6) is -0.567. The molecule has 0 bridgehead atoms. The molecule has 1 aromatic carbocycles. The van der Waals surface area contributed by atoms with Crippen LogP contribution < -0.4 is 24.2 Å². The number of carbonyl (C=O) groups excluding carboxylic acids is 2. The molecule has 14 heteroatoms. The number of urea groups is 1. The van der Waals surface area contributed by atoms with Gasteiger partial charge in [0.15, 0.2) is 0 Å². The number of ether oxygens (including phenoxy) is 2. The van der Waals surface area contributed by atoms with Gasteiger partial charge in [-0.15, -0.1) is 0 Å². The number of aromatic nitrogens is 2. The van der Waals surface area contributed by atoms with Crippen molar-refractivity contribution in [2.45, 2.75) is 0 Å². The molecule has 3 N–H and O–H groups in total. The summed E-state index contributed by atoms with van der Waals surface area (Å²) in [4.78, 5) is 33.3. The summed E-state index contributed by atoms with van der Waals surface area (Å²) < 4.78 is 38.4. The van der Waals surface area contributed by atoms with Gasteiger partial charge in [-0.05, 0) is 18.2 Å². The predicted molar refractivity (Wildman–Crippen MR) is 109 cm³/mol. The van der Waals surface area contributed by atoms with Gasteiger partial charge in [0.2, 0.25) is 17.7 Å². The van der Waals surface area contributed by atoms with Gasteiger partial charge in [0, 0.05) is 19.1 Å². The highest BCUT2D eigenvalue weighted by molar-refractivity contribution is 7.91. The fourth-order valence-corrected chi connectivity index (χ4v) is 3.10. The van der Waals surface area contributed by atoms with Crippen LogP contribution in [-0.2, 0) is 10.2 Å². The molecule has 0 radical (unpaired) electrons. The van der Waals surface area contributed by atoms with Gasteiger partial charge in [0.25, 0.3) is 5.91 Å². The van der Waals surface area contributed by atoms with Crippen LogP contribution in [-0.4, -0.2) is 63.5 Å². The molecular formula is C16H19ClN6O6S. The van der Waals surface area contributed by atoms with Crippen molar-refractivity contribution < 1.29 is 27.5 Å². The van der Waals surface area contributed by atoms with E-state index >= 15 is 0 Å². The first-order chi connectivity index (χ1) is 14.0. The summed E-state index contributed by atoms with van der Waals surface area (Å²) in [5, 5.41) is 2.38. The maximum absolute atomic E-state index is 12.3. The number of methoxy groups -OCH3 is 2. The highest BCUT2D eigenvalue weighted by Gasteiger charge is 2.21. The molecule has 12 nitrogen and oxygen atoms in total. The monoisotopic (exact) mass is 458 g/mol. The minimum absolute atomic E-state index is 0.000788. The number of amides is 3. The van der Waals surface area contributed by atoms with Crippen molar-refractivity contribution in [3.63, 3.8) is 0 Å². The molecule has 0 saturated heterocycles. The topological polar surface area (TPSA) is 152 Å². The van der Waals surface area contributed by atoms with Crippen LogP contribution in [0.1, 0.15) is 10.4 Å². The van der Waals surface area contributed by atoms with Crippen LogP contribution in [0.2, 0.25) is 5.02 Å². The lowest BCUT2D eigenvalue weighted by Crippen LogP contribution is -2.39. The molecule has 0 fully saturated rings. The molecule has 1 aromatic heterocycles. The first-order valence-electron chi connectivity index (χ1n) is 8.14. The Hall–Kier alpha value is -3.32. The fourth-order valence-electron chi connectivity index (χ4n) is 2.11. The van der Waals surface area contributed by atoms with Crippen LogP contribution in [0.4, 0.5) is 16.4 Å². The second-order valence-electron chi connectivity index (χ2n) is 5.83. The fraction of sp³-hybridized carbons (Fsp3) is 0.250. The molecule has 1 heterocycles. The summed E-state index contributed by atoms with van der Waals surface area (Å²) >= 11 is 5.90. The van der Waals surface area contributed by atoms with Crippen LogP contribution in [0.5, 0.6) is 11.8 Å². The van der Waals surface area contributed by atoms with Gasteiger partial charge in [-0.1, -0.05) is 11.6 Å². The van der Waals surface area contributed by atoms with Gasteiger partial charge in [-0.25, -0.2) is 9.52 Å². The first kappa shape index (κ1) is 23.0. The summed E-state index contributed by atoms with van der Waals surface area (Å²) in [5.41, 5.74) is -0.0724. The van der Waals surface area contributed by atoms with Crippen LogP contribution in [0.25, 0.3) is 0 Å². The Labute approximate surface area is 177 Å². The molecule has 162 valence electrons. The van der Waals surface area contributed by atoms with E-state index in [-0.39, 0.29) is 34.0 Å². The molecule has 0 aliphatic carbocycles. The van der Waals surface area contributed by atoms with E-state index in [2.05, 4.69) is 20.0 Å². The number of benzene rings is 1. The van der Waals surface area contributed by atoms with Crippen molar-refractivity contribution in [2.24, 2.45) is 0 Å². The molecule has 0 aliphatic heterocycles. The van der Waals surface area contributed by atoms with Crippen molar-refractivity contribution in [3.05, 3.63) is 34.9 Å². The molecule has 30 heavy (non-hydrogen) atoms. The minimum atomic E-state index is -4.42. The van der Waals surface area contributed by atoms with Crippen molar-refractivity contribution in [3.8, 4) is 11.8 Å². The quantitative estimate of drug-likeness (QED) is 0.561. The van der Waals surface area contributed by atoms with Crippen molar-refractivity contribution in [1.29, 1.82) is 0 Å². The molecular weight excluding hydrogens is 440 g/mol. The lowest BCUT2D eigenvalue weighted by molar-refractivity contribution is 0.0828. The van der Waals surface area contributed by atoms with E-state index < -0.39 is 22.1 Å². The van der Waals surface area contributed by atoms with Crippen LogP contribution in [0.3, 0.4) is 0 Å². The molecule has 0 saturated carbocycles.